The van der Waals surface area contributed by atoms with Crippen molar-refractivity contribution in [2.24, 2.45) is 0 Å². The average Bonchev–Trinajstić information content (AvgIpc) is 3.00. The molecule has 6 heteroatoms. The van der Waals surface area contributed by atoms with Gasteiger partial charge in [-0.1, -0.05) is 0 Å². The lowest BCUT2D eigenvalue weighted by molar-refractivity contribution is -0.384. The van der Waals surface area contributed by atoms with Gasteiger partial charge in [-0.25, -0.2) is 4.98 Å². The Kier molecular flexibility index (Phi) is 4.34. The second-order valence-electron chi connectivity index (χ2n) is 5.03. The Morgan fingerprint density at radius 2 is 1.83 bits per heavy atom. The summed E-state index contributed by atoms with van der Waals surface area (Å²) in [4.78, 5) is 14.6. The topological polar surface area (TPSA) is 65.3 Å². The summed E-state index contributed by atoms with van der Waals surface area (Å²) in [5.41, 5.74) is 3.04. The molecule has 0 amide bonds. The molecule has 0 spiro atoms. The van der Waals surface area contributed by atoms with E-state index in [0.717, 1.165) is 27.6 Å². The van der Waals surface area contributed by atoms with Crippen LogP contribution in [0, 0.1) is 17.0 Å². The molecule has 0 fully saturated rings. The lowest BCUT2D eigenvalue weighted by atomic mass is 10.2. The number of rotatable bonds is 5. The van der Waals surface area contributed by atoms with E-state index in [2.05, 4.69) is 4.98 Å². The summed E-state index contributed by atoms with van der Waals surface area (Å²) in [6.07, 6.45) is 0. The van der Waals surface area contributed by atoms with E-state index in [1.807, 2.05) is 36.6 Å². The summed E-state index contributed by atoms with van der Waals surface area (Å²) in [6, 6.07) is 14.1. The Bertz CT molecular complexity index is 811. The van der Waals surface area contributed by atoms with Gasteiger partial charge in [0.15, 0.2) is 0 Å². The van der Waals surface area contributed by atoms with Gasteiger partial charge in [-0.2, -0.15) is 0 Å². The first-order valence-corrected chi connectivity index (χ1v) is 7.88. The molecule has 1 heterocycles. The van der Waals surface area contributed by atoms with Gasteiger partial charge in [-0.05, 0) is 48.9 Å². The van der Waals surface area contributed by atoms with E-state index in [0.29, 0.717) is 6.61 Å². The van der Waals surface area contributed by atoms with Gasteiger partial charge in [0.05, 0.1) is 4.92 Å². The molecule has 23 heavy (non-hydrogen) atoms. The molecule has 0 bridgehead atoms. The zero-order valence-corrected chi connectivity index (χ0v) is 13.2. The van der Waals surface area contributed by atoms with Gasteiger partial charge >= 0.3 is 0 Å². The second-order valence-corrected chi connectivity index (χ2v) is 5.89. The quantitative estimate of drug-likeness (QED) is 0.507. The number of nitrogens with zero attached hydrogens (tertiary/aromatic N) is 2. The van der Waals surface area contributed by atoms with Gasteiger partial charge in [0.2, 0.25) is 0 Å². The van der Waals surface area contributed by atoms with Crippen molar-refractivity contribution in [1.29, 1.82) is 0 Å². The maximum Gasteiger partial charge on any atom is 0.269 e. The zero-order chi connectivity index (χ0) is 16.2. The normalized spacial score (nSPS) is 10.5. The van der Waals surface area contributed by atoms with E-state index >= 15 is 0 Å². The fraction of sp³-hybridized carbons (Fsp3) is 0.118. The van der Waals surface area contributed by atoms with E-state index in [-0.39, 0.29) is 5.69 Å². The van der Waals surface area contributed by atoms with Crippen LogP contribution in [0.2, 0.25) is 0 Å². The van der Waals surface area contributed by atoms with Crippen LogP contribution in [0.15, 0.2) is 53.9 Å². The standard InChI is InChI=1S/C17H14N2O3S/c1-12-11-23-17(18-12)14-4-8-16(9-5-14)22-10-13-2-6-15(7-3-13)19(20)21/h2-9,11H,10H2,1H3. The van der Waals surface area contributed by atoms with Crippen molar-refractivity contribution < 1.29 is 9.66 Å². The maximum absolute atomic E-state index is 10.6. The van der Waals surface area contributed by atoms with Gasteiger partial charge in [-0.15, -0.1) is 11.3 Å². The lowest BCUT2D eigenvalue weighted by Crippen LogP contribution is -1.96. The molecular formula is C17H14N2O3S. The monoisotopic (exact) mass is 326 g/mol. The van der Waals surface area contributed by atoms with Crippen molar-refractivity contribution in [2.45, 2.75) is 13.5 Å². The Balaban J connectivity index is 1.63. The van der Waals surface area contributed by atoms with Crippen LogP contribution in [0.25, 0.3) is 10.6 Å². The molecule has 0 atom stereocenters. The lowest BCUT2D eigenvalue weighted by Gasteiger charge is -2.06. The van der Waals surface area contributed by atoms with Gasteiger partial charge in [0, 0.05) is 28.8 Å². The van der Waals surface area contributed by atoms with Crippen LogP contribution in [0.3, 0.4) is 0 Å². The number of aromatic nitrogens is 1. The molecule has 0 aliphatic carbocycles. The molecule has 0 radical (unpaired) electrons. The van der Waals surface area contributed by atoms with E-state index in [1.54, 1.807) is 23.5 Å². The molecule has 0 N–H and O–H groups in total. The highest BCUT2D eigenvalue weighted by Crippen LogP contribution is 2.25. The fourth-order valence-corrected chi connectivity index (χ4v) is 2.86. The molecule has 5 nitrogen and oxygen atoms in total. The first-order chi connectivity index (χ1) is 11.1. The molecule has 3 aromatic rings. The summed E-state index contributed by atoms with van der Waals surface area (Å²) >= 11 is 1.62. The van der Waals surface area contributed by atoms with Crippen LogP contribution in [0.1, 0.15) is 11.3 Å². The number of nitro benzene ring substituents is 1. The number of hydrogen-bond donors (Lipinski definition) is 0. The Morgan fingerprint density at radius 3 is 2.39 bits per heavy atom. The van der Waals surface area contributed by atoms with Crippen molar-refractivity contribution in [1.82, 2.24) is 4.98 Å². The molecular weight excluding hydrogens is 312 g/mol. The molecule has 116 valence electrons. The second kappa shape index (κ2) is 6.58. The minimum Gasteiger partial charge on any atom is -0.489 e. The van der Waals surface area contributed by atoms with Crippen LogP contribution < -0.4 is 4.74 Å². The van der Waals surface area contributed by atoms with Crippen LogP contribution in [-0.4, -0.2) is 9.91 Å². The Morgan fingerprint density at radius 1 is 1.13 bits per heavy atom. The van der Waals surface area contributed by atoms with Gasteiger partial charge < -0.3 is 4.74 Å². The number of thiazole rings is 1. The number of aryl methyl sites for hydroxylation is 1. The van der Waals surface area contributed by atoms with Gasteiger partial charge in [0.1, 0.15) is 17.4 Å². The van der Waals surface area contributed by atoms with Crippen LogP contribution >= 0.6 is 11.3 Å². The fourth-order valence-electron chi connectivity index (χ4n) is 2.06. The number of non-ortho nitro benzene ring substituents is 1. The van der Waals surface area contributed by atoms with E-state index in [9.17, 15) is 10.1 Å². The highest BCUT2D eigenvalue weighted by molar-refractivity contribution is 7.13. The van der Waals surface area contributed by atoms with Crippen molar-refractivity contribution >= 4 is 17.0 Å². The third-order valence-corrected chi connectivity index (χ3v) is 4.28. The summed E-state index contributed by atoms with van der Waals surface area (Å²) < 4.78 is 5.70. The van der Waals surface area contributed by atoms with Crippen molar-refractivity contribution in [3.63, 3.8) is 0 Å². The van der Waals surface area contributed by atoms with Gasteiger partial charge in [-0.3, -0.25) is 10.1 Å². The van der Waals surface area contributed by atoms with E-state index in [4.69, 9.17) is 4.74 Å². The molecule has 3 rings (SSSR count). The molecule has 1 aromatic heterocycles. The highest BCUT2D eigenvalue weighted by Gasteiger charge is 2.05. The third kappa shape index (κ3) is 3.73. The summed E-state index contributed by atoms with van der Waals surface area (Å²) in [6.45, 7) is 2.34. The largest absolute Gasteiger partial charge is 0.489 e. The molecule has 0 saturated heterocycles. The first-order valence-electron chi connectivity index (χ1n) is 7.00. The molecule has 0 unspecified atom stereocenters. The number of benzene rings is 2. The number of ether oxygens (including phenoxy) is 1. The number of hydrogen-bond acceptors (Lipinski definition) is 5. The smallest absolute Gasteiger partial charge is 0.269 e. The molecule has 0 aliphatic heterocycles. The maximum atomic E-state index is 10.6. The third-order valence-electron chi connectivity index (χ3n) is 3.27. The highest BCUT2D eigenvalue weighted by atomic mass is 32.1. The van der Waals surface area contributed by atoms with Crippen molar-refractivity contribution in [2.75, 3.05) is 0 Å². The van der Waals surface area contributed by atoms with Crippen LogP contribution in [-0.2, 0) is 6.61 Å². The van der Waals surface area contributed by atoms with E-state index < -0.39 is 4.92 Å². The predicted octanol–water partition coefficient (Wildman–Crippen LogP) is 4.61. The number of nitro groups is 1. The summed E-state index contributed by atoms with van der Waals surface area (Å²) in [7, 11) is 0. The molecule has 0 saturated carbocycles. The minimum atomic E-state index is -0.413. The van der Waals surface area contributed by atoms with Crippen molar-refractivity contribution in [3.8, 4) is 16.3 Å². The van der Waals surface area contributed by atoms with Crippen molar-refractivity contribution in [3.05, 3.63) is 75.3 Å². The van der Waals surface area contributed by atoms with E-state index in [1.165, 1.54) is 12.1 Å². The predicted molar refractivity (Wildman–Crippen MR) is 89.7 cm³/mol. The Labute approximate surface area is 137 Å². The molecule has 2 aromatic carbocycles. The Hall–Kier alpha value is -2.73. The summed E-state index contributed by atoms with van der Waals surface area (Å²) in [5.74, 6) is 0.750. The van der Waals surface area contributed by atoms with Crippen LogP contribution in [0.5, 0.6) is 5.75 Å². The first kappa shape index (κ1) is 15.2. The molecule has 0 aliphatic rings. The minimum absolute atomic E-state index is 0.0804. The van der Waals surface area contributed by atoms with Crippen LogP contribution in [0.4, 0.5) is 5.69 Å². The van der Waals surface area contributed by atoms with Gasteiger partial charge in [0.25, 0.3) is 5.69 Å². The SMILES string of the molecule is Cc1csc(-c2ccc(OCc3ccc([N+](=O)[O-])cc3)cc2)n1. The zero-order valence-electron chi connectivity index (χ0n) is 12.4. The average molecular weight is 326 g/mol. The summed E-state index contributed by atoms with van der Waals surface area (Å²) in [5, 5.41) is 13.6.